The molecule has 0 saturated heterocycles. The molecule has 0 saturated carbocycles. The van der Waals surface area contributed by atoms with Crippen LogP contribution in [0.15, 0.2) is 53.4 Å². The van der Waals surface area contributed by atoms with Gasteiger partial charge in [-0.1, -0.05) is 18.2 Å². The van der Waals surface area contributed by atoms with E-state index in [1.807, 2.05) is 18.2 Å². The molecule has 1 aliphatic carbocycles. The number of para-hydroxylation sites is 1. The first-order chi connectivity index (χ1) is 12.9. The molecule has 0 aliphatic heterocycles. The number of benzene rings is 2. The quantitative estimate of drug-likeness (QED) is 0.647. The molecule has 2 aromatic carbocycles. The third kappa shape index (κ3) is 3.61. The van der Waals surface area contributed by atoms with Crippen LogP contribution in [-0.2, 0) is 27.7 Å². The minimum Gasteiger partial charge on any atom is -0.358 e. The molecule has 1 heterocycles. The van der Waals surface area contributed by atoms with E-state index in [4.69, 9.17) is 0 Å². The van der Waals surface area contributed by atoms with Crippen molar-refractivity contribution in [2.45, 2.75) is 37.1 Å². The lowest BCUT2D eigenvalue weighted by molar-refractivity contribution is -0.114. The normalized spacial score (nSPS) is 16.9. The Kier molecular flexibility index (Phi) is 4.49. The fourth-order valence-corrected chi connectivity index (χ4v) is 4.95. The van der Waals surface area contributed by atoms with Crippen LogP contribution >= 0.6 is 0 Å². The molecule has 6 nitrogen and oxygen atoms in total. The lowest BCUT2D eigenvalue weighted by Gasteiger charge is -2.23. The summed E-state index contributed by atoms with van der Waals surface area (Å²) in [7, 11) is -3.62. The van der Waals surface area contributed by atoms with Crippen molar-refractivity contribution in [1.82, 2.24) is 9.71 Å². The van der Waals surface area contributed by atoms with Crippen LogP contribution in [0.4, 0.5) is 5.69 Å². The highest BCUT2D eigenvalue weighted by Gasteiger charge is 2.26. The van der Waals surface area contributed by atoms with Crippen molar-refractivity contribution in [2.24, 2.45) is 0 Å². The smallest absolute Gasteiger partial charge is 0.240 e. The van der Waals surface area contributed by atoms with Crippen LogP contribution in [-0.4, -0.2) is 25.4 Å². The van der Waals surface area contributed by atoms with E-state index in [1.54, 1.807) is 12.1 Å². The Morgan fingerprint density at radius 2 is 1.85 bits per heavy atom. The van der Waals surface area contributed by atoms with Gasteiger partial charge in [0.2, 0.25) is 15.9 Å². The number of aryl methyl sites for hydroxylation is 1. The monoisotopic (exact) mass is 383 g/mol. The predicted molar refractivity (Wildman–Crippen MR) is 105 cm³/mol. The molecule has 4 rings (SSSR count). The zero-order valence-corrected chi connectivity index (χ0v) is 15.8. The molecule has 140 valence electrons. The van der Waals surface area contributed by atoms with E-state index in [0.717, 1.165) is 23.7 Å². The van der Waals surface area contributed by atoms with Crippen molar-refractivity contribution >= 4 is 32.5 Å². The minimum atomic E-state index is -3.62. The second-order valence-corrected chi connectivity index (χ2v) is 8.61. The number of carbonyl (C=O) groups is 1. The summed E-state index contributed by atoms with van der Waals surface area (Å²) in [5.41, 5.74) is 4.07. The largest absolute Gasteiger partial charge is 0.358 e. The van der Waals surface area contributed by atoms with Gasteiger partial charge in [-0.3, -0.25) is 4.79 Å². The van der Waals surface area contributed by atoms with Gasteiger partial charge in [-0.05, 0) is 55.2 Å². The van der Waals surface area contributed by atoms with Crippen LogP contribution in [0.1, 0.15) is 24.6 Å². The standard InChI is InChI=1S/C20H21N3O3S/c1-13(24)21-14-6-9-16(10-7-14)27(25,26)23-15-8-11-20-18(12-15)17-4-2-3-5-19(17)22-20/h2-7,9-10,15,22-23H,8,11-12H2,1H3,(H,21,24). The number of rotatable bonds is 4. The maximum Gasteiger partial charge on any atom is 0.240 e. The van der Waals surface area contributed by atoms with E-state index in [0.29, 0.717) is 12.1 Å². The summed E-state index contributed by atoms with van der Waals surface area (Å²) < 4.78 is 28.3. The molecule has 3 N–H and O–H groups in total. The highest BCUT2D eigenvalue weighted by Crippen LogP contribution is 2.29. The number of anilines is 1. The van der Waals surface area contributed by atoms with E-state index in [-0.39, 0.29) is 16.8 Å². The Labute approximate surface area is 158 Å². The summed E-state index contributed by atoms with van der Waals surface area (Å²) in [6.07, 6.45) is 2.24. The Morgan fingerprint density at radius 3 is 2.59 bits per heavy atom. The van der Waals surface area contributed by atoms with Crippen LogP contribution in [0.5, 0.6) is 0 Å². The first-order valence-electron chi connectivity index (χ1n) is 8.91. The second-order valence-electron chi connectivity index (χ2n) is 6.89. The molecule has 0 radical (unpaired) electrons. The van der Waals surface area contributed by atoms with Gasteiger partial charge in [0.05, 0.1) is 4.90 Å². The summed E-state index contributed by atoms with van der Waals surface area (Å²) in [6.45, 7) is 1.41. The average molecular weight is 383 g/mol. The van der Waals surface area contributed by atoms with Crippen molar-refractivity contribution in [3.63, 3.8) is 0 Å². The van der Waals surface area contributed by atoms with Crippen LogP contribution in [0.3, 0.4) is 0 Å². The lowest BCUT2D eigenvalue weighted by Crippen LogP contribution is -2.38. The van der Waals surface area contributed by atoms with Gasteiger partial charge in [-0.25, -0.2) is 13.1 Å². The summed E-state index contributed by atoms with van der Waals surface area (Å²) >= 11 is 0. The topological polar surface area (TPSA) is 91.1 Å². The first-order valence-corrected chi connectivity index (χ1v) is 10.4. The van der Waals surface area contributed by atoms with Crippen molar-refractivity contribution in [1.29, 1.82) is 0 Å². The highest BCUT2D eigenvalue weighted by molar-refractivity contribution is 7.89. The number of amides is 1. The molecule has 3 aromatic rings. The number of carbonyl (C=O) groups excluding carboxylic acids is 1. The fourth-order valence-electron chi connectivity index (χ4n) is 3.68. The third-order valence-electron chi connectivity index (χ3n) is 4.90. The van der Waals surface area contributed by atoms with E-state index in [9.17, 15) is 13.2 Å². The van der Waals surface area contributed by atoms with E-state index in [2.05, 4.69) is 21.1 Å². The maximum absolute atomic E-state index is 12.7. The predicted octanol–water partition coefficient (Wildman–Crippen LogP) is 2.96. The van der Waals surface area contributed by atoms with Crippen LogP contribution in [0, 0.1) is 0 Å². The molecule has 1 unspecified atom stereocenters. The Bertz CT molecular complexity index is 1100. The van der Waals surface area contributed by atoms with Gasteiger partial charge in [0, 0.05) is 35.2 Å². The second kappa shape index (κ2) is 6.83. The SMILES string of the molecule is CC(=O)Nc1ccc(S(=O)(=O)NC2CCc3[nH]c4ccccc4c3C2)cc1. The van der Waals surface area contributed by atoms with Crippen molar-refractivity contribution in [3.05, 3.63) is 59.8 Å². The molecule has 0 bridgehead atoms. The zero-order valence-electron chi connectivity index (χ0n) is 15.0. The van der Waals surface area contributed by atoms with Gasteiger partial charge in [0.1, 0.15) is 0 Å². The number of aromatic amines is 1. The van der Waals surface area contributed by atoms with Crippen molar-refractivity contribution in [2.75, 3.05) is 5.32 Å². The number of fused-ring (bicyclic) bond motifs is 3. The van der Waals surface area contributed by atoms with E-state index >= 15 is 0 Å². The van der Waals surface area contributed by atoms with Gasteiger partial charge in [-0.15, -0.1) is 0 Å². The third-order valence-corrected chi connectivity index (χ3v) is 6.44. The van der Waals surface area contributed by atoms with Crippen molar-refractivity contribution < 1.29 is 13.2 Å². The lowest BCUT2D eigenvalue weighted by atomic mass is 9.92. The molecular weight excluding hydrogens is 362 g/mol. The zero-order chi connectivity index (χ0) is 19.0. The summed E-state index contributed by atoms with van der Waals surface area (Å²) in [5.74, 6) is -0.194. The molecule has 1 aliphatic rings. The number of nitrogens with one attached hydrogen (secondary N) is 3. The maximum atomic E-state index is 12.7. The Balaban J connectivity index is 1.52. The highest BCUT2D eigenvalue weighted by atomic mass is 32.2. The number of aromatic nitrogens is 1. The fraction of sp³-hybridized carbons (Fsp3) is 0.250. The Morgan fingerprint density at radius 1 is 1.11 bits per heavy atom. The first kappa shape index (κ1) is 17.8. The van der Waals surface area contributed by atoms with Gasteiger partial charge in [-0.2, -0.15) is 0 Å². The number of hydrogen-bond acceptors (Lipinski definition) is 3. The minimum absolute atomic E-state index is 0.142. The van der Waals surface area contributed by atoms with Gasteiger partial charge >= 0.3 is 0 Å². The number of sulfonamides is 1. The molecule has 1 atom stereocenters. The van der Waals surface area contributed by atoms with E-state index < -0.39 is 10.0 Å². The van der Waals surface area contributed by atoms with Crippen LogP contribution in [0.25, 0.3) is 10.9 Å². The molecular formula is C20H21N3O3S. The molecule has 27 heavy (non-hydrogen) atoms. The Hall–Kier alpha value is -2.64. The molecule has 0 spiro atoms. The van der Waals surface area contributed by atoms with E-state index in [1.165, 1.54) is 30.3 Å². The average Bonchev–Trinajstić information content (AvgIpc) is 2.99. The molecule has 1 amide bonds. The molecule has 0 fully saturated rings. The number of H-pyrrole nitrogens is 1. The summed E-state index contributed by atoms with van der Waals surface area (Å²) in [4.78, 5) is 14.7. The van der Waals surface area contributed by atoms with Gasteiger partial charge in [0.25, 0.3) is 0 Å². The van der Waals surface area contributed by atoms with Crippen LogP contribution < -0.4 is 10.0 Å². The molecule has 1 aromatic heterocycles. The number of hydrogen-bond donors (Lipinski definition) is 3. The molecule has 7 heteroatoms. The summed E-state index contributed by atoms with van der Waals surface area (Å²) in [6, 6.07) is 14.2. The van der Waals surface area contributed by atoms with Gasteiger partial charge < -0.3 is 10.3 Å². The van der Waals surface area contributed by atoms with Gasteiger partial charge in [0.15, 0.2) is 0 Å². The van der Waals surface area contributed by atoms with Crippen LogP contribution in [0.2, 0.25) is 0 Å². The summed E-state index contributed by atoms with van der Waals surface area (Å²) in [5, 5.41) is 3.80. The van der Waals surface area contributed by atoms with Crippen molar-refractivity contribution in [3.8, 4) is 0 Å².